The summed E-state index contributed by atoms with van der Waals surface area (Å²) in [5.74, 6) is 0.820. The number of carbonyl (C=O) groups is 1. The molecule has 1 fully saturated rings. The molecule has 7 nitrogen and oxygen atoms in total. The van der Waals surface area contributed by atoms with E-state index >= 15 is 0 Å². The summed E-state index contributed by atoms with van der Waals surface area (Å²) >= 11 is 1.30. The molecular formula is C17H19N5O2S. The molecule has 3 heterocycles. The lowest BCUT2D eigenvalue weighted by Crippen LogP contribution is -2.33. The number of carbonyl (C=O) groups excluding carboxylic acids is 1. The number of imidazole rings is 1. The summed E-state index contributed by atoms with van der Waals surface area (Å²) in [5, 5.41) is 0.547. The number of thiophene rings is 1. The molecule has 0 N–H and O–H groups in total. The highest BCUT2D eigenvalue weighted by Crippen LogP contribution is 2.33. The highest BCUT2D eigenvalue weighted by molar-refractivity contribution is 7.20. The number of fused-ring (bicyclic) bond motifs is 1. The minimum atomic E-state index is -0.111. The van der Waals surface area contributed by atoms with Crippen molar-refractivity contribution in [1.82, 2.24) is 24.0 Å². The molecule has 25 heavy (non-hydrogen) atoms. The SMILES string of the molecule is Cc1c(C(=O)N(Cc2nccn2C)C2CC2)sc2ncn(C)c(=O)c12. The Morgan fingerprint density at radius 1 is 1.32 bits per heavy atom. The first kappa shape index (κ1) is 16.0. The normalized spacial score (nSPS) is 14.2. The Labute approximate surface area is 148 Å². The van der Waals surface area contributed by atoms with E-state index in [0.29, 0.717) is 21.6 Å². The summed E-state index contributed by atoms with van der Waals surface area (Å²) in [6.45, 7) is 2.31. The van der Waals surface area contributed by atoms with Crippen molar-refractivity contribution >= 4 is 27.5 Å². The second-order valence-corrected chi connectivity index (χ2v) is 7.51. The molecule has 0 bridgehead atoms. The van der Waals surface area contributed by atoms with Crippen molar-refractivity contribution in [3.8, 4) is 0 Å². The van der Waals surface area contributed by atoms with E-state index in [9.17, 15) is 9.59 Å². The molecular weight excluding hydrogens is 338 g/mol. The Hall–Kier alpha value is -2.48. The van der Waals surface area contributed by atoms with E-state index in [2.05, 4.69) is 9.97 Å². The van der Waals surface area contributed by atoms with Gasteiger partial charge in [0, 0.05) is 32.5 Å². The van der Waals surface area contributed by atoms with Crippen molar-refractivity contribution in [3.63, 3.8) is 0 Å². The molecule has 0 spiro atoms. The van der Waals surface area contributed by atoms with Crippen molar-refractivity contribution in [3.05, 3.63) is 45.3 Å². The number of aryl methyl sites for hydroxylation is 3. The zero-order valence-electron chi connectivity index (χ0n) is 14.4. The van der Waals surface area contributed by atoms with Crippen LogP contribution < -0.4 is 5.56 Å². The van der Waals surface area contributed by atoms with Gasteiger partial charge in [0.05, 0.1) is 23.1 Å². The van der Waals surface area contributed by atoms with Gasteiger partial charge in [-0.05, 0) is 25.3 Å². The maximum absolute atomic E-state index is 13.2. The zero-order valence-corrected chi connectivity index (χ0v) is 15.2. The van der Waals surface area contributed by atoms with Gasteiger partial charge in [0.25, 0.3) is 11.5 Å². The van der Waals surface area contributed by atoms with Crippen molar-refractivity contribution in [2.45, 2.75) is 32.4 Å². The maximum atomic E-state index is 13.2. The third kappa shape index (κ3) is 2.66. The van der Waals surface area contributed by atoms with Crippen LogP contribution in [0.4, 0.5) is 0 Å². The highest BCUT2D eigenvalue weighted by atomic mass is 32.1. The van der Waals surface area contributed by atoms with Crippen LogP contribution >= 0.6 is 11.3 Å². The average molecular weight is 357 g/mol. The van der Waals surface area contributed by atoms with Gasteiger partial charge in [0.1, 0.15) is 10.7 Å². The molecule has 130 valence electrons. The smallest absolute Gasteiger partial charge is 0.264 e. The van der Waals surface area contributed by atoms with Crippen LogP contribution in [0, 0.1) is 6.92 Å². The molecule has 3 aromatic rings. The van der Waals surface area contributed by atoms with Crippen molar-refractivity contribution in [2.24, 2.45) is 14.1 Å². The fourth-order valence-corrected chi connectivity index (χ4v) is 4.09. The van der Waals surface area contributed by atoms with E-state index in [1.54, 1.807) is 13.2 Å². The standard InChI is InChI=1S/C17H19N5O2S/c1-10-13-15(19-9-21(3)16(13)23)25-14(10)17(24)22(11-4-5-11)8-12-18-6-7-20(12)2/h6-7,9,11H,4-5,8H2,1-3H3. The second-order valence-electron chi connectivity index (χ2n) is 6.52. The quantitative estimate of drug-likeness (QED) is 0.714. The second kappa shape index (κ2) is 5.80. The third-order valence-electron chi connectivity index (χ3n) is 4.69. The van der Waals surface area contributed by atoms with Gasteiger partial charge >= 0.3 is 0 Å². The van der Waals surface area contributed by atoms with E-state index in [4.69, 9.17) is 0 Å². The van der Waals surface area contributed by atoms with Gasteiger partial charge < -0.3 is 14.0 Å². The van der Waals surface area contributed by atoms with E-state index in [1.165, 1.54) is 22.2 Å². The molecule has 1 amide bonds. The largest absolute Gasteiger partial charge is 0.337 e. The lowest BCUT2D eigenvalue weighted by atomic mass is 10.2. The van der Waals surface area contributed by atoms with Gasteiger partial charge in [-0.25, -0.2) is 9.97 Å². The molecule has 1 saturated carbocycles. The molecule has 8 heteroatoms. The van der Waals surface area contributed by atoms with Gasteiger partial charge in [-0.15, -0.1) is 11.3 Å². The molecule has 1 aliphatic rings. The minimum absolute atomic E-state index is 0.0342. The molecule has 0 aromatic carbocycles. The number of amides is 1. The predicted molar refractivity (Wildman–Crippen MR) is 95.7 cm³/mol. The first-order valence-electron chi connectivity index (χ1n) is 8.19. The van der Waals surface area contributed by atoms with Gasteiger partial charge in [-0.3, -0.25) is 9.59 Å². The summed E-state index contributed by atoms with van der Waals surface area (Å²) in [7, 11) is 3.60. The Balaban J connectivity index is 1.75. The van der Waals surface area contributed by atoms with Gasteiger partial charge in [0.2, 0.25) is 0 Å². The Kier molecular flexibility index (Phi) is 3.72. The summed E-state index contributed by atoms with van der Waals surface area (Å²) in [6, 6.07) is 0.254. The molecule has 0 aliphatic heterocycles. The van der Waals surface area contributed by atoms with E-state index in [0.717, 1.165) is 24.2 Å². The van der Waals surface area contributed by atoms with Gasteiger partial charge in [-0.2, -0.15) is 0 Å². The summed E-state index contributed by atoms with van der Waals surface area (Å²) in [5.41, 5.74) is 0.615. The van der Waals surface area contributed by atoms with E-state index < -0.39 is 0 Å². The van der Waals surface area contributed by atoms with Crippen LogP contribution in [0.3, 0.4) is 0 Å². The highest BCUT2D eigenvalue weighted by Gasteiger charge is 2.35. The Morgan fingerprint density at radius 3 is 2.72 bits per heavy atom. The summed E-state index contributed by atoms with van der Waals surface area (Å²) in [4.78, 5) is 37.4. The molecule has 0 unspecified atom stereocenters. The summed E-state index contributed by atoms with van der Waals surface area (Å²) in [6.07, 6.45) is 7.15. The first-order valence-corrected chi connectivity index (χ1v) is 9.01. The fraction of sp³-hybridized carbons (Fsp3) is 0.412. The van der Waals surface area contributed by atoms with Crippen molar-refractivity contribution in [1.29, 1.82) is 0 Å². The lowest BCUT2D eigenvalue weighted by Gasteiger charge is -2.21. The third-order valence-corrected chi connectivity index (χ3v) is 5.87. The predicted octanol–water partition coefficient (Wildman–Crippen LogP) is 1.84. The number of hydrogen-bond acceptors (Lipinski definition) is 5. The molecule has 0 radical (unpaired) electrons. The number of aromatic nitrogens is 4. The van der Waals surface area contributed by atoms with Crippen LogP contribution in [-0.4, -0.2) is 36.0 Å². The van der Waals surface area contributed by atoms with E-state index in [-0.39, 0.29) is 17.5 Å². The Morgan fingerprint density at radius 2 is 2.08 bits per heavy atom. The van der Waals surface area contributed by atoms with Crippen molar-refractivity contribution in [2.75, 3.05) is 0 Å². The van der Waals surface area contributed by atoms with Crippen LogP contribution in [0.5, 0.6) is 0 Å². The van der Waals surface area contributed by atoms with E-state index in [1.807, 2.05) is 29.6 Å². The first-order chi connectivity index (χ1) is 12.0. The van der Waals surface area contributed by atoms with Crippen LogP contribution in [-0.2, 0) is 20.6 Å². The molecule has 0 saturated heterocycles. The van der Waals surface area contributed by atoms with Crippen molar-refractivity contribution < 1.29 is 4.79 Å². The topological polar surface area (TPSA) is 73.0 Å². The van der Waals surface area contributed by atoms with Crippen LogP contribution in [0.15, 0.2) is 23.5 Å². The average Bonchev–Trinajstić information content (AvgIpc) is 3.26. The van der Waals surface area contributed by atoms with Crippen LogP contribution in [0.1, 0.15) is 33.9 Å². The Bertz CT molecular complexity index is 1030. The van der Waals surface area contributed by atoms with Gasteiger partial charge in [0.15, 0.2) is 0 Å². The maximum Gasteiger partial charge on any atom is 0.264 e. The van der Waals surface area contributed by atoms with Gasteiger partial charge in [-0.1, -0.05) is 0 Å². The lowest BCUT2D eigenvalue weighted by molar-refractivity contribution is 0.0728. The number of hydrogen-bond donors (Lipinski definition) is 0. The zero-order chi connectivity index (χ0) is 17.7. The molecule has 0 atom stereocenters. The molecule has 3 aromatic heterocycles. The number of rotatable bonds is 4. The van der Waals surface area contributed by atoms with Crippen LogP contribution in [0.2, 0.25) is 0 Å². The monoisotopic (exact) mass is 357 g/mol. The fourth-order valence-electron chi connectivity index (χ4n) is 3.00. The molecule has 1 aliphatic carbocycles. The van der Waals surface area contributed by atoms with Crippen LogP contribution in [0.25, 0.3) is 10.2 Å². The number of nitrogens with zero attached hydrogens (tertiary/aromatic N) is 5. The molecule has 4 rings (SSSR count). The minimum Gasteiger partial charge on any atom is -0.337 e. The summed E-state index contributed by atoms with van der Waals surface area (Å²) < 4.78 is 3.38.